The Morgan fingerprint density at radius 1 is 1.16 bits per heavy atom. The van der Waals surface area contributed by atoms with Crippen LogP contribution in [0, 0.1) is 0 Å². The van der Waals surface area contributed by atoms with Gasteiger partial charge in [0.2, 0.25) is 5.91 Å². The molecule has 0 bridgehead atoms. The van der Waals surface area contributed by atoms with E-state index in [0.29, 0.717) is 26.1 Å². The summed E-state index contributed by atoms with van der Waals surface area (Å²) >= 11 is 0. The Labute approximate surface area is 202 Å². The van der Waals surface area contributed by atoms with Crippen molar-refractivity contribution in [2.24, 2.45) is 4.99 Å². The van der Waals surface area contributed by atoms with Crippen molar-refractivity contribution in [2.75, 3.05) is 27.2 Å². The van der Waals surface area contributed by atoms with Gasteiger partial charge in [-0.3, -0.25) is 4.79 Å². The number of amides is 1. The van der Waals surface area contributed by atoms with Crippen LogP contribution in [-0.2, 0) is 24.4 Å². The number of ether oxygens (including phenoxy) is 1. The standard InChI is InChI=1S/C24H32N4O2.HI/c1-4-25-24(27(2)18-21-8-5-6-9-22(21)30-3)26-16-19-11-13-20(14-12-19)17-28-15-7-10-23(28)29;/h5-6,8-9,11-14H,4,7,10,15-18H2,1-3H3,(H,25,26);1H. The minimum atomic E-state index is 0. The second kappa shape index (κ2) is 12.5. The van der Waals surface area contributed by atoms with E-state index in [1.807, 2.05) is 30.1 Å². The Kier molecular flexibility index (Phi) is 10.1. The van der Waals surface area contributed by atoms with Crippen LogP contribution in [0.3, 0.4) is 0 Å². The highest BCUT2D eigenvalue weighted by Crippen LogP contribution is 2.19. The lowest BCUT2D eigenvalue weighted by atomic mass is 10.1. The van der Waals surface area contributed by atoms with E-state index in [4.69, 9.17) is 9.73 Å². The third-order valence-electron chi connectivity index (χ3n) is 5.28. The Morgan fingerprint density at radius 3 is 2.52 bits per heavy atom. The number of nitrogens with one attached hydrogen (secondary N) is 1. The second-order valence-corrected chi connectivity index (χ2v) is 7.57. The molecule has 1 fully saturated rings. The van der Waals surface area contributed by atoms with Crippen molar-refractivity contribution in [1.82, 2.24) is 15.1 Å². The van der Waals surface area contributed by atoms with Crippen molar-refractivity contribution < 1.29 is 9.53 Å². The summed E-state index contributed by atoms with van der Waals surface area (Å²) in [5, 5.41) is 3.37. The SMILES string of the molecule is CCNC(=NCc1ccc(CN2CCCC2=O)cc1)N(C)Cc1ccccc1OC.I. The number of benzene rings is 2. The van der Waals surface area contributed by atoms with Gasteiger partial charge in [-0.25, -0.2) is 4.99 Å². The van der Waals surface area contributed by atoms with E-state index in [2.05, 4.69) is 47.5 Å². The predicted molar refractivity (Wildman–Crippen MR) is 136 cm³/mol. The third-order valence-corrected chi connectivity index (χ3v) is 5.28. The van der Waals surface area contributed by atoms with Gasteiger partial charge in [0.1, 0.15) is 5.75 Å². The minimum Gasteiger partial charge on any atom is -0.496 e. The lowest BCUT2D eigenvalue weighted by molar-refractivity contribution is -0.128. The van der Waals surface area contributed by atoms with Gasteiger partial charge in [-0.2, -0.15) is 0 Å². The highest BCUT2D eigenvalue weighted by Gasteiger charge is 2.19. The Morgan fingerprint density at radius 2 is 1.87 bits per heavy atom. The lowest BCUT2D eigenvalue weighted by Gasteiger charge is -2.23. The fraction of sp³-hybridized carbons (Fsp3) is 0.417. The first-order chi connectivity index (χ1) is 14.6. The van der Waals surface area contributed by atoms with Crippen LogP contribution in [0.5, 0.6) is 5.75 Å². The molecule has 1 aliphatic heterocycles. The highest BCUT2D eigenvalue weighted by molar-refractivity contribution is 14.0. The van der Waals surface area contributed by atoms with Crippen molar-refractivity contribution in [1.29, 1.82) is 0 Å². The maximum atomic E-state index is 11.8. The van der Waals surface area contributed by atoms with Gasteiger partial charge in [0.05, 0.1) is 13.7 Å². The molecule has 3 rings (SSSR count). The number of guanidine groups is 1. The largest absolute Gasteiger partial charge is 0.496 e. The van der Waals surface area contributed by atoms with Crippen LogP contribution in [0.4, 0.5) is 0 Å². The van der Waals surface area contributed by atoms with Gasteiger partial charge in [-0.05, 0) is 30.5 Å². The van der Waals surface area contributed by atoms with E-state index >= 15 is 0 Å². The fourth-order valence-electron chi connectivity index (χ4n) is 3.64. The number of halogens is 1. The quantitative estimate of drug-likeness (QED) is 0.315. The molecule has 2 aromatic carbocycles. The molecule has 0 saturated carbocycles. The van der Waals surface area contributed by atoms with E-state index in [1.165, 1.54) is 0 Å². The first kappa shape index (κ1) is 25.0. The molecule has 0 radical (unpaired) electrons. The van der Waals surface area contributed by atoms with E-state index in [1.54, 1.807) is 7.11 Å². The summed E-state index contributed by atoms with van der Waals surface area (Å²) in [6.07, 6.45) is 1.66. The molecule has 1 N–H and O–H groups in total. The van der Waals surface area contributed by atoms with Crippen molar-refractivity contribution in [3.8, 4) is 5.75 Å². The van der Waals surface area contributed by atoms with E-state index < -0.39 is 0 Å². The predicted octanol–water partition coefficient (Wildman–Crippen LogP) is 4.03. The number of para-hydroxylation sites is 1. The van der Waals surface area contributed by atoms with Crippen molar-refractivity contribution in [2.45, 2.75) is 39.4 Å². The number of methoxy groups -OCH3 is 1. The number of nitrogens with zero attached hydrogens (tertiary/aromatic N) is 3. The van der Waals surface area contributed by atoms with Crippen LogP contribution in [0.2, 0.25) is 0 Å². The second-order valence-electron chi connectivity index (χ2n) is 7.57. The maximum Gasteiger partial charge on any atom is 0.222 e. The normalized spacial score (nSPS) is 13.7. The van der Waals surface area contributed by atoms with Crippen LogP contribution in [-0.4, -0.2) is 48.9 Å². The van der Waals surface area contributed by atoms with Gasteiger partial charge in [-0.15, -0.1) is 24.0 Å². The lowest BCUT2D eigenvalue weighted by Crippen LogP contribution is -2.38. The maximum absolute atomic E-state index is 11.8. The number of rotatable bonds is 8. The molecule has 1 heterocycles. The molecule has 0 aliphatic carbocycles. The van der Waals surface area contributed by atoms with Crippen molar-refractivity contribution in [3.63, 3.8) is 0 Å². The zero-order valence-corrected chi connectivity index (χ0v) is 21.0. The number of carbonyl (C=O) groups excluding carboxylic acids is 1. The zero-order chi connectivity index (χ0) is 21.3. The average Bonchev–Trinajstić information content (AvgIpc) is 3.16. The topological polar surface area (TPSA) is 57.2 Å². The summed E-state index contributed by atoms with van der Waals surface area (Å²) in [6, 6.07) is 16.4. The monoisotopic (exact) mass is 536 g/mol. The van der Waals surface area contributed by atoms with Crippen LogP contribution in [0.25, 0.3) is 0 Å². The summed E-state index contributed by atoms with van der Waals surface area (Å²) in [4.78, 5) is 20.7. The molecule has 6 nitrogen and oxygen atoms in total. The first-order valence-corrected chi connectivity index (χ1v) is 10.6. The van der Waals surface area contributed by atoms with Crippen LogP contribution >= 0.6 is 24.0 Å². The molecular formula is C24H33IN4O2. The van der Waals surface area contributed by atoms with Gasteiger partial charge in [0.25, 0.3) is 0 Å². The number of likely N-dealkylation sites (tertiary alicyclic amines) is 1. The molecule has 0 unspecified atom stereocenters. The molecule has 0 aromatic heterocycles. The molecule has 168 valence electrons. The molecule has 1 saturated heterocycles. The van der Waals surface area contributed by atoms with Gasteiger partial charge in [0, 0.05) is 45.2 Å². The zero-order valence-electron chi connectivity index (χ0n) is 18.6. The summed E-state index contributed by atoms with van der Waals surface area (Å²) < 4.78 is 5.47. The van der Waals surface area contributed by atoms with Crippen LogP contribution in [0.15, 0.2) is 53.5 Å². The first-order valence-electron chi connectivity index (χ1n) is 10.6. The minimum absolute atomic E-state index is 0. The van der Waals surface area contributed by atoms with Gasteiger partial charge in [-0.1, -0.05) is 42.5 Å². The molecule has 7 heteroatoms. The Balaban J connectivity index is 0.00000341. The van der Waals surface area contributed by atoms with Crippen LogP contribution in [0.1, 0.15) is 36.5 Å². The smallest absolute Gasteiger partial charge is 0.222 e. The van der Waals surface area contributed by atoms with Gasteiger partial charge < -0.3 is 19.9 Å². The van der Waals surface area contributed by atoms with Gasteiger partial charge in [0.15, 0.2) is 5.96 Å². The van der Waals surface area contributed by atoms with Crippen molar-refractivity contribution in [3.05, 3.63) is 65.2 Å². The Hall–Kier alpha value is -2.29. The number of carbonyl (C=O) groups is 1. The summed E-state index contributed by atoms with van der Waals surface area (Å²) in [5.41, 5.74) is 3.43. The highest BCUT2D eigenvalue weighted by atomic mass is 127. The molecule has 1 aliphatic rings. The molecule has 1 amide bonds. The fourth-order valence-corrected chi connectivity index (χ4v) is 3.64. The molecular weight excluding hydrogens is 503 g/mol. The number of hydrogen-bond donors (Lipinski definition) is 1. The summed E-state index contributed by atoms with van der Waals surface area (Å²) in [7, 11) is 3.73. The van der Waals surface area contributed by atoms with E-state index in [9.17, 15) is 4.79 Å². The van der Waals surface area contributed by atoms with E-state index in [-0.39, 0.29) is 29.9 Å². The molecule has 2 aromatic rings. The Bertz CT molecular complexity index is 870. The molecule has 0 spiro atoms. The van der Waals surface area contributed by atoms with E-state index in [0.717, 1.165) is 47.9 Å². The average molecular weight is 536 g/mol. The van der Waals surface area contributed by atoms with Crippen molar-refractivity contribution >= 4 is 35.8 Å². The number of aliphatic imine (C=N–C) groups is 1. The van der Waals surface area contributed by atoms with Gasteiger partial charge >= 0.3 is 0 Å². The molecule has 31 heavy (non-hydrogen) atoms. The molecule has 0 atom stereocenters. The number of hydrogen-bond acceptors (Lipinski definition) is 3. The summed E-state index contributed by atoms with van der Waals surface area (Å²) in [6.45, 7) is 5.75. The third kappa shape index (κ3) is 7.12. The van der Waals surface area contributed by atoms with Crippen LogP contribution < -0.4 is 10.1 Å². The summed E-state index contributed by atoms with van der Waals surface area (Å²) in [5.74, 6) is 2.00.